The smallest absolute Gasteiger partial charge is 0.226 e. The van der Waals surface area contributed by atoms with Gasteiger partial charge in [0.15, 0.2) is 11.6 Å². The van der Waals surface area contributed by atoms with Gasteiger partial charge < -0.3 is 5.32 Å². The van der Waals surface area contributed by atoms with Gasteiger partial charge in [0.25, 0.3) is 0 Å². The number of fused-ring (bicyclic) bond motifs is 1. The number of hydrogen-bond donors (Lipinski definition) is 2. The molecule has 0 fully saturated rings. The minimum atomic E-state index is -0.583. The van der Waals surface area contributed by atoms with E-state index in [0.29, 0.717) is 25.6 Å². The molecule has 3 rings (SSSR count). The molecule has 2 N–H and O–H groups in total. The first kappa shape index (κ1) is 13.6. The number of Topliss-reactive ketones (excluding diaryl/α,β-unsaturated/α-hetero) is 1. The lowest BCUT2D eigenvalue weighted by atomic mass is 9.86. The van der Waals surface area contributed by atoms with Crippen molar-refractivity contribution >= 4 is 52.0 Å². The number of thiophene rings is 1. The Morgan fingerprint density at radius 2 is 2.25 bits per heavy atom. The largest absolute Gasteiger partial charge is 0.309 e. The number of nitrogens with one attached hydrogen (secondary N) is 2. The number of nitrogens with zero attached hydrogens (tertiary/aromatic N) is 1. The molecule has 0 aliphatic carbocycles. The summed E-state index contributed by atoms with van der Waals surface area (Å²) in [6.07, 6.45) is 0.0794. The molecule has 5 nitrogen and oxygen atoms in total. The highest BCUT2D eigenvalue weighted by Gasteiger charge is 2.35. The summed E-state index contributed by atoms with van der Waals surface area (Å²) in [7, 11) is 0. The number of aromatic nitrogens is 2. The Hall–Kier alpha value is -1.37. The Labute approximate surface area is 128 Å². The summed E-state index contributed by atoms with van der Waals surface area (Å²) in [5.41, 5.74) is 1.83. The number of amides is 1. The first-order valence-corrected chi connectivity index (χ1v) is 7.38. The van der Waals surface area contributed by atoms with Crippen molar-refractivity contribution < 1.29 is 9.59 Å². The van der Waals surface area contributed by atoms with Crippen LogP contribution in [-0.2, 0) is 4.79 Å². The maximum Gasteiger partial charge on any atom is 0.226 e. The van der Waals surface area contributed by atoms with Gasteiger partial charge in [0.05, 0.1) is 10.3 Å². The molecule has 0 spiro atoms. The standard InChI is InChI=1S/C12H9Cl2N3O2S/c1-4-9-5(3-8(18)15-12(9)17-16-4)10(19)6-2-7(13)20-11(6)14/h2,5H,3H2,1H3,(H2,15,16,17,18). The number of carbonyl (C=O) groups excluding carboxylic acids is 2. The second-order valence-corrected chi connectivity index (χ2v) is 6.80. The van der Waals surface area contributed by atoms with Gasteiger partial charge in [-0.05, 0) is 13.0 Å². The van der Waals surface area contributed by atoms with E-state index in [4.69, 9.17) is 23.2 Å². The average Bonchev–Trinajstić information content (AvgIpc) is 2.91. The second-order valence-electron chi connectivity index (χ2n) is 4.52. The van der Waals surface area contributed by atoms with Crippen LogP contribution in [0.4, 0.5) is 5.82 Å². The number of H-pyrrole nitrogens is 1. The predicted octanol–water partition coefficient (Wildman–Crippen LogP) is 3.40. The van der Waals surface area contributed by atoms with Crippen LogP contribution in [0.2, 0.25) is 8.67 Å². The van der Waals surface area contributed by atoms with E-state index in [1.165, 1.54) is 0 Å². The van der Waals surface area contributed by atoms with Crippen molar-refractivity contribution in [2.45, 2.75) is 19.3 Å². The Kier molecular flexibility index (Phi) is 3.32. The molecule has 3 heterocycles. The van der Waals surface area contributed by atoms with Crippen molar-refractivity contribution in [3.05, 3.63) is 31.6 Å². The van der Waals surface area contributed by atoms with Crippen LogP contribution in [0, 0.1) is 6.92 Å². The van der Waals surface area contributed by atoms with Crippen LogP contribution in [0.3, 0.4) is 0 Å². The van der Waals surface area contributed by atoms with Gasteiger partial charge >= 0.3 is 0 Å². The third kappa shape index (κ3) is 2.13. The maximum atomic E-state index is 12.6. The third-order valence-electron chi connectivity index (χ3n) is 3.23. The van der Waals surface area contributed by atoms with Gasteiger partial charge in [-0.2, -0.15) is 5.10 Å². The lowest BCUT2D eigenvalue weighted by Gasteiger charge is -2.21. The fourth-order valence-corrected chi connectivity index (χ4v) is 3.82. The summed E-state index contributed by atoms with van der Waals surface area (Å²) in [4.78, 5) is 24.3. The molecule has 2 aromatic rings. The first-order chi connectivity index (χ1) is 9.47. The summed E-state index contributed by atoms with van der Waals surface area (Å²) in [6, 6.07) is 1.54. The summed E-state index contributed by atoms with van der Waals surface area (Å²) in [5.74, 6) is -0.617. The number of aromatic amines is 1. The van der Waals surface area contributed by atoms with Crippen molar-refractivity contribution in [3.8, 4) is 0 Å². The molecule has 8 heteroatoms. The van der Waals surface area contributed by atoms with Crippen molar-refractivity contribution in [2.75, 3.05) is 5.32 Å². The highest BCUT2D eigenvalue weighted by molar-refractivity contribution is 7.20. The molecular formula is C12H9Cl2N3O2S. The fraction of sp³-hybridized carbons (Fsp3) is 0.250. The van der Waals surface area contributed by atoms with E-state index < -0.39 is 5.92 Å². The molecular weight excluding hydrogens is 321 g/mol. The summed E-state index contributed by atoms with van der Waals surface area (Å²) >= 11 is 13.0. The number of rotatable bonds is 2. The minimum Gasteiger partial charge on any atom is -0.309 e. The van der Waals surface area contributed by atoms with Gasteiger partial charge in [0.2, 0.25) is 5.91 Å². The maximum absolute atomic E-state index is 12.6. The number of ketones is 1. The highest BCUT2D eigenvalue weighted by Crippen LogP contribution is 2.39. The zero-order valence-corrected chi connectivity index (χ0v) is 12.6. The molecule has 2 aromatic heterocycles. The van der Waals surface area contributed by atoms with E-state index in [1.807, 2.05) is 6.92 Å². The Bertz CT molecular complexity index is 722. The summed E-state index contributed by atoms with van der Waals surface area (Å²) in [6.45, 7) is 1.81. The van der Waals surface area contributed by atoms with Crippen molar-refractivity contribution in [3.63, 3.8) is 0 Å². The molecule has 20 heavy (non-hydrogen) atoms. The SMILES string of the molecule is Cc1[nH]nc2c1C(C(=O)c1cc(Cl)sc1Cl)CC(=O)N2. The molecule has 0 aromatic carbocycles. The molecule has 1 unspecified atom stereocenters. The highest BCUT2D eigenvalue weighted by atomic mass is 35.5. The normalized spacial score (nSPS) is 17.8. The van der Waals surface area contributed by atoms with Gasteiger partial charge in [-0.1, -0.05) is 23.2 Å². The van der Waals surface area contributed by atoms with Crippen LogP contribution < -0.4 is 5.32 Å². The Morgan fingerprint density at radius 1 is 1.50 bits per heavy atom. The molecule has 1 atom stereocenters. The zero-order valence-electron chi connectivity index (χ0n) is 10.3. The number of hydrogen-bond acceptors (Lipinski definition) is 4. The van der Waals surface area contributed by atoms with Crippen LogP contribution in [0.1, 0.15) is 34.0 Å². The van der Waals surface area contributed by atoms with Crippen LogP contribution >= 0.6 is 34.5 Å². The fourth-order valence-electron chi connectivity index (χ4n) is 2.35. The van der Waals surface area contributed by atoms with Crippen LogP contribution in [-0.4, -0.2) is 21.9 Å². The number of carbonyl (C=O) groups is 2. The zero-order chi connectivity index (χ0) is 14.4. The molecule has 104 valence electrons. The lowest BCUT2D eigenvalue weighted by Crippen LogP contribution is -2.27. The molecule has 1 aliphatic rings. The Morgan fingerprint density at radius 3 is 2.90 bits per heavy atom. The lowest BCUT2D eigenvalue weighted by molar-refractivity contribution is -0.116. The second kappa shape index (κ2) is 4.87. The molecule has 0 bridgehead atoms. The third-order valence-corrected chi connectivity index (χ3v) is 4.72. The van der Waals surface area contributed by atoms with E-state index in [-0.39, 0.29) is 18.1 Å². The van der Waals surface area contributed by atoms with Gasteiger partial charge in [0.1, 0.15) is 4.34 Å². The minimum absolute atomic E-state index is 0.0794. The monoisotopic (exact) mass is 329 g/mol. The van der Waals surface area contributed by atoms with Gasteiger partial charge in [-0.15, -0.1) is 11.3 Å². The summed E-state index contributed by atoms with van der Waals surface area (Å²) in [5, 5.41) is 9.42. The quantitative estimate of drug-likeness (QED) is 0.829. The number of aryl methyl sites for hydroxylation is 1. The first-order valence-electron chi connectivity index (χ1n) is 5.81. The van der Waals surface area contributed by atoms with Crippen LogP contribution in [0.25, 0.3) is 0 Å². The summed E-state index contributed by atoms with van der Waals surface area (Å²) < 4.78 is 0.788. The average molecular weight is 330 g/mol. The van der Waals surface area contributed by atoms with E-state index in [1.54, 1.807) is 6.07 Å². The van der Waals surface area contributed by atoms with E-state index >= 15 is 0 Å². The van der Waals surface area contributed by atoms with Gasteiger partial charge in [-0.25, -0.2) is 0 Å². The van der Waals surface area contributed by atoms with E-state index in [0.717, 1.165) is 17.0 Å². The Balaban J connectivity index is 2.06. The molecule has 1 aliphatic heterocycles. The van der Waals surface area contributed by atoms with Crippen molar-refractivity contribution in [1.82, 2.24) is 10.2 Å². The van der Waals surface area contributed by atoms with Crippen LogP contribution in [0.5, 0.6) is 0 Å². The van der Waals surface area contributed by atoms with Crippen molar-refractivity contribution in [1.29, 1.82) is 0 Å². The molecule has 0 saturated carbocycles. The van der Waals surface area contributed by atoms with Gasteiger partial charge in [0, 0.05) is 23.2 Å². The topological polar surface area (TPSA) is 74.8 Å². The molecule has 0 radical (unpaired) electrons. The van der Waals surface area contributed by atoms with Crippen LogP contribution in [0.15, 0.2) is 6.07 Å². The van der Waals surface area contributed by atoms with E-state index in [9.17, 15) is 9.59 Å². The van der Waals surface area contributed by atoms with Gasteiger partial charge in [-0.3, -0.25) is 14.7 Å². The van der Waals surface area contributed by atoms with E-state index in [2.05, 4.69) is 15.5 Å². The number of halogens is 2. The van der Waals surface area contributed by atoms with Crippen molar-refractivity contribution in [2.24, 2.45) is 0 Å². The number of anilines is 1. The molecule has 1 amide bonds. The predicted molar refractivity (Wildman–Crippen MR) is 78.0 cm³/mol. The molecule has 0 saturated heterocycles.